The fourth-order valence-electron chi connectivity index (χ4n) is 0.975. The quantitative estimate of drug-likeness (QED) is 0.845. The van der Waals surface area contributed by atoms with Crippen LogP contribution in [0.1, 0.15) is 6.92 Å². The minimum Gasteiger partial charge on any atom is -0.478 e. The van der Waals surface area contributed by atoms with E-state index >= 15 is 0 Å². The van der Waals surface area contributed by atoms with Crippen molar-refractivity contribution in [3.8, 4) is 0 Å². The van der Waals surface area contributed by atoms with Gasteiger partial charge in [-0.25, -0.2) is 13.2 Å². The molecule has 0 amide bonds. The Morgan fingerprint density at radius 1 is 1.31 bits per heavy atom. The second kappa shape index (κ2) is 4.67. The maximum absolute atomic E-state index is 11.7. The van der Waals surface area contributed by atoms with E-state index in [1.54, 1.807) is 0 Å². The van der Waals surface area contributed by atoms with Crippen LogP contribution in [-0.2, 0) is 14.6 Å². The summed E-state index contributed by atoms with van der Waals surface area (Å²) in [6.45, 7) is 1.22. The number of aliphatic carboxylic acids is 1. The third-order valence-electron chi connectivity index (χ3n) is 1.81. The van der Waals surface area contributed by atoms with Crippen LogP contribution >= 0.6 is 11.6 Å². The lowest BCUT2D eigenvalue weighted by atomic mass is 10.4. The average molecular weight is 261 g/mol. The summed E-state index contributed by atoms with van der Waals surface area (Å²) in [7, 11) is -3.72. The van der Waals surface area contributed by atoms with Gasteiger partial charge in [0.25, 0.3) is 0 Å². The van der Waals surface area contributed by atoms with Crippen LogP contribution < -0.4 is 0 Å². The first-order chi connectivity index (χ1) is 7.33. The molecule has 1 aromatic rings. The summed E-state index contributed by atoms with van der Waals surface area (Å²) in [5.74, 6) is -1.27. The van der Waals surface area contributed by atoms with Gasteiger partial charge in [-0.15, -0.1) is 0 Å². The molecular weight excluding hydrogens is 252 g/mol. The highest BCUT2D eigenvalue weighted by molar-refractivity contribution is 7.94. The molecule has 0 bridgehead atoms. The molecule has 0 saturated carbocycles. The van der Waals surface area contributed by atoms with Crippen LogP contribution in [-0.4, -0.2) is 19.5 Å². The lowest BCUT2D eigenvalue weighted by Gasteiger charge is -2.00. The van der Waals surface area contributed by atoms with Gasteiger partial charge in [-0.3, -0.25) is 0 Å². The molecule has 0 aliphatic heterocycles. The topological polar surface area (TPSA) is 71.4 Å². The Balaban J connectivity index is 3.18. The van der Waals surface area contributed by atoms with E-state index in [2.05, 4.69) is 0 Å². The molecule has 6 heteroatoms. The standard InChI is InChI=1S/C10H9ClO4S/c1-7(10(12)13)6-16(14,15)9-4-2-8(11)3-5-9/h2-6H,1H3,(H,12,13)/b7-6+. The number of carboxylic acid groups (broad SMARTS) is 1. The number of carboxylic acids is 1. The van der Waals surface area contributed by atoms with Crippen molar-refractivity contribution in [2.45, 2.75) is 11.8 Å². The molecule has 1 N–H and O–H groups in total. The van der Waals surface area contributed by atoms with Gasteiger partial charge in [0.1, 0.15) is 0 Å². The van der Waals surface area contributed by atoms with E-state index in [1.807, 2.05) is 0 Å². The molecule has 0 atom stereocenters. The van der Waals surface area contributed by atoms with Crippen LogP contribution in [0.15, 0.2) is 40.1 Å². The van der Waals surface area contributed by atoms with E-state index in [0.29, 0.717) is 5.02 Å². The first kappa shape index (κ1) is 12.7. The summed E-state index contributed by atoms with van der Waals surface area (Å²) in [6.07, 6.45) is 0. The summed E-state index contributed by atoms with van der Waals surface area (Å²) in [5.41, 5.74) is -0.241. The number of halogens is 1. The second-order valence-corrected chi connectivity index (χ2v) is 5.34. The van der Waals surface area contributed by atoms with Gasteiger partial charge in [0.2, 0.25) is 0 Å². The van der Waals surface area contributed by atoms with Crippen molar-refractivity contribution >= 4 is 27.4 Å². The highest BCUT2D eigenvalue weighted by Crippen LogP contribution is 2.17. The molecule has 1 rings (SSSR count). The molecule has 0 spiro atoms. The van der Waals surface area contributed by atoms with Crippen molar-refractivity contribution in [1.82, 2.24) is 0 Å². The molecule has 16 heavy (non-hydrogen) atoms. The van der Waals surface area contributed by atoms with Crippen molar-refractivity contribution in [3.63, 3.8) is 0 Å². The van der Waals surface area contributed by atoms with Crippen LogP contribution in [0.25, 0.3) is 0 Å². The molecule has 0 unspecified atom stereocenters. The van der Waals surface area contributed by atoms with E-state index in [9.17, 15) is 13.2 Å². The number of rotatable bonds is 3. The maximum atomic E-state index is 11.7. The predicted molar refractivity (Wildman–Crippen MR) is 60.0 cm³/mol. The van der Waals surface area contributed by atoms with E-state index in [0.717, 1.165) is 5.41 Å². The molecule has 0 aliphatic rings. The molecule has 0 heterocycles. The van der Waals surface area contributed by atoms with Gasteiger partial charge in [0.15, 0.2) is 9.84 Å². The van der Waals surface area contributed by atoms with Gasteiger partial charge in [0, 0.05) is 16.0 Å². The SMILES string of the molecule is C/C(=C\S(=O)(=O)c1ccc(Cl)cc1)C(=O)O. The summed E-state index contributed by atoms with van der Waals surface area (Å²) >= 11 is 5.61. The fourth-order valence-corrected chi connectivity index (χ4v) is 2.32. The molecule has 0 radical (unpaired) electrons. The predicted octanol–water partition coefficient (Wildman–Crippen LogP) is 2.10. The van der Waals surface area contributed by atoms with Gasteiger partial charge >= 0.3 is 5.97 Å². The molecule has 1 aromatic carbocycles. The zero-order valence-electron chi connectivity index (χ0n) is 8.34. The second-order valence-electron chi connectivity index (χ2n) is 3.10. The van der Waals surface area contributed by atoms with Gasteiger partial charge in [-0.05, 0) is 31.2 Å². The minimum absolute atomic E-state index is 0.0116. The summed E-state index contributed by atoms with van der Waals surface area (Å²) in [5, 5.41) is 9.72. The van der Waals surface area contributed by atoms with Gasteiger partial charge in [-0.1, -0.05) is 11.6 Å². The van der Waals surface area contributed by atoms with Crippen LogP contribution in [0.5, 0.6) is 0 Å². The number of sulfone groups is 1. The van der Waals surface area contributed by atoms with E-state index in [-0.39, 0.29) is 10.5 Å². The third-order valence-corrected chi connectivity index (χ3v) is 3.66. The van der Waals surface area contributed by atoms with Crippen LogP contribution in [0.3, 0.4) is 0 Å². The van der Waals surface area contributed by atoms with Crippen LogP contribution in [0.2, 0.25) is 5.02 Å². The van der Waals surface area contributed by atoms with Crippen molar-refractivity contribution in [2.24, 2.45) is 0 Å². The van der Waals surface area contributed by atoms with E-state index < -0.39 is 15.8 Å². The lowest BCUT2D eigenvalue weighted by molar-refractivity contribution is -0.132. The first-order valence-corrected chi connectivity index (χ1v) is 6.17. The minimum atomic E-state index is -3.72. The number of carbonyl (C=O) groups is 1. The zero-order chi connectivity index (χ0) is 12.3. The van der Waals surface area contributed by atoms with E-state index in [4.69, 9.17) is 16.7 Å². The fraction of sp³-hybridized carbons (Fsp3) is 0.100. The largest absolute Gasteiger partial charge is 0.478 e. The summed E-state index contributed by atoms with van der Waals surface area (Å²) < 4.78 is 23.4. The number of hydrogen-bond acceptors (Lipinski definition) is 3. The van der Waals surface area contributed by atoms with E-state index in [1.165, 1.54) is 31.2 Å². The van der Waals surface area contributed by atoms with Crippen LogP contribution in [0, 0.1) is 0 Å². The van der Waals surface area contributed by atoms with Crippen molar-refractivity contribution in [1.29, 1.82) is 0 Å². The van der Waals surface area contributed by atoms with Crippen LogP contribution in [0.4, 0.5) is 0 Å². The maximum Gasteiger partial charge on any atom is 0.331 e. The molecule has 0 aliphatic carbocycles. The Kier molecular flexibility index (Phi) is 3.72. The van der Waals surface area contributed by atoms with Crippen molar-refractivity contribution < 1.29 is 18.3 Å². The van der Waals surface area contributed by atoms with Crippen molar-refractivity contribution in [3.05, 3.63) is 40.3 Å². The summed E-state index contributed by atoms with van der Waals surface area (Å²) in [6, 6.07) is 5.50. The monoisotopic (exact) mass is 260 g/mol. The lowest BCUT2D eigenvalue weighted by Crippen LogP contribution is -2.02. The molecule has 86 valence electrons. The number of benzene rings is 1. The van der Waals surface area contributed by atoms with Gasteiger partial charge < -0.3 is 5.11 Å². The molecule has 0 fully saturated rings. The van der Waals surface area contributed by atoms with Crippen molar-refractivity contribution in [2.75, 3.05) is 0 Å². The van der Waals surface area contributed by atoms with Gasteiger partial charge in [-0.2, -0.15) is 0 Å². The Hall–Kier alpha value is -1.33. The number of hydrogen-bond donors (Lipinski definition) is 1. The summed E-state index contributed by atoms with van der Waals surface area (Å²) in [4.78, 5) is 10.5. The highest BCUT2D eigenvalue weighted by Gasteiger charge is 2.13. The highest BCUT2D eigenvalue weighted by atomic mass is 35.5. The van der Waals surface area contributed by atoms with Gasteiger partial charge in [0.05, 0.1) is 4.90 Å². The Morgan fingerprint density at radius 3 is 2.25 bits per heavy atom. The Morgan fingerprint density at radius 2 is 1.81 bits per heavy atom. The molecule has 0 aromatic heterocycles. The smallest absolute Gasteiger partial charge is 0.331 e. The zero-order valence-corrected chi connectivity index (χ0v) is 9.92. The Labute approximate surface area is 98.1 Å². The molecule has 0 saturated heterocycles. The normalized spacial score (nSPS) is 12.5. The average Bonchev–Trinajstić information content (AvgIpc) is 2.17. The molecular formula is C10H9ClO4S. The molecule has 4 nitrogen and oxygen atoms in total. The third kappa shape index (κ3) is 3.08. The first-order valence-electron chi connectivity index (χ1n) is 4.25. The Bertz CT molecular complexity index is 528.